The number of hydrogen-bond acceptors (Lipinski definition) is 2. The molecular formula is C7H16N2O. The van der Waals surface area contributed by atoms with Crippen molar-refractivity contribution in [3.63, 3.8) is 0 Å². The first-order valence-electron chi connectivity index (χ1n) is 3.61. The van der Waals surface area contributed by atoms with Gasteiger partial charge in [-0.05, 0) is 19.3 Å². The van der Waals surface area contributed by atoms with Gasteiger partial charge in [0, 0.05) is 12.6 Å². The molecule has 0 radical (unpaired) electrons. The highest BCUT2D eigenvalue weighted by Crippen LogP contribution is 2.03. The second-order valence-corrected chi connectivity index (χ2v) is 2.70. The van der Waals surface area contributed by atoms with Crippen LogP contribution in [0.2, 0.25) is 0 Å². The molecular weight excluding hydrogens is 128 g/mol. The molecule has 3 nitrogen and oxygen atoms in total. The van der Waals surface area contributed by atoms with E-state index >= 15 is 0 Å². The normalized spacial score (nSPS) is 15.9. The third-order valence-corrected chi connectivity index (χ3v) is 1.72. The van der Waals surface area contributed by atoms with Crippen LogP contribution in [0.3, 0.4) is 0 Å². The summed E-state index contributed by atoms with van der Waals surface area (Å²) >= 11 is 0. The largest absolute Gasteiger partial charge is 0.359 e. The molecule has 0 rings (SSSR count). The Labute approximate surface area is 62.0 Å². The van der Waals surface area contributed by atoms with Gasteiger partial charge in [0.1, 0.15) is 0 Å². The molecule has 60 valence electrons. The van der Waals surface area contributed by atoms with Crippen LogP contribution in [0, 0.1) is 5.92 Å². The van der Waals surface area contributed by atoms with Crippen molar-refractivity contribution in [1.29, 1.82) is 0 Å². The number of hydrogen-bond donors (Lipinski definition) is 2. The van der Waals surface area contributed by atoms with E-state index in [1.54, 1.807) is 0 Å². The first kappa shape index (κ1) is 9.43. The molecule has 0 aliphatic rings. The fourth-order valence-corrected chi connectivity index (χ4v) is 0.633. The smallest absolute Gasteiger partial charge is 0.207 e. The first-order chi connectivity index (χ1) is 4.68. The van der Waals surface area contributed by atoms with Crippen LogP contribution in [0.4, 0.5) is 0 Å². The zero-order valence-corrected chi connectivity index (χ0v) is 6.63. The van der Waals surface area contributed by atoms with Crippen LogP contribution >= 0.6 is 0 Å². The predicted octanol–water partition coefficient (Wildman–Crippen LogP) is 0.106. The van der Waals surface area contributed by atoms with E-state index in [-0.39, 0.29) is 6.04 Å². The molecule has 0 saturated heterocycles. The summed E-state index contributed by atoms with van der Waals surface area (Å²) in [6, 6.07) is 0.216. The van der Waals surface area contributed by atoms with E-state index in [4.69, 9.17) is 5.73 Å². The summed E-state index contributed by atoms with van der Waals surface area (Å²) in [6.45, 7) is 4.79. The fourth-order valence-electron chi connectivity index (χ4n) is 0.633. The van der Waals surface area contributed by atoms with Gasteiger partial charge in [0.15, 0.2) is 0 Å². The molecule has 3 heteroatoms. The Morgan fingerprint density at radius 1 is 1.60 bits per heavy atom. The van der Waals surface area contributed by atoms with E-state index < -0.39 is 0 Å². The van der Waals surface area contributed by atoms with Crippen molar-refractivity contribution in [1.82, 2.24) is 5.32 Å². The third-order valence-electron chi connectivity index (χ3n) is 1.72. The van der Waals surface area contributed by atoms with E-state index in [0.717, 1.165) is 13.0 Å². The second-order valence-electron chi connectivity index (χ2n) is 2.70. The summed E-state index contributed by atoms with van der Waals surface area (Å²) < 4.78 is 0. The summed E-state index contributed by atoms with van der Waals surface area (Å²) in [7, 11) is 0. The third kappa shape index (κ3) is 4.32. The van der Waals surface area contributed by atoms with E-state index in [1.165, 1.54) is 0 Å². The van der Waals surface area contributed by atoms with Crippen molar-refractivity contribution < 1.29 is 4.79 Å². The van der Waals surface area contributed by atoms with E-state index in [1.807, 2.05) is 6.92 Å². The molecule has 2 unspecified atom stereocenters. The van der Waals surface area contributed by atoms with Crippen molar-refractivity contribution in [2.24, 2.45) is 11.7 Å². The van der Waals surface area contributed by atoms with Crippen molar-refractivity contribution >= 4 is 6.41 Å². The highest BCUT2D eigenvalue weighted by atomic mass is 16.1. The van der Waals surface area contributed by atoms with Crippen LogP contribution in [0.15, 0.2) is 0 Å². The SMILES string of the molecule is CC(N)C(C)CCNC=O. The van der Waals surface area contributed by atoms with Crippen molar-refractivity contribution in [3.8, 4) is 0 Å². The molecule has 1 amide bonds. The lowest BCUT2D eigenvalue weighted by molar-refractivity contribution is -0.109. The van der Waals surface area contributed by atoms with Crippen molar-refractivity contribution in [2.45, 2.75) is 26.3 Å². The number of rotatable bonds is 5. The summed E-state index contributed by atoms with van der Waals surface area (Å²) in [5.41, 5.74) is 5.60. The Hall–Kier alpha value is -0.570. The van der Waals surface area contributed by atoms with Gasteiger partial charge >= 0.3 is 0 Å². The monoisotopic (exact) mass is 144 g/mol. The quantitative estimate of drug-likeness (QED) is 0.425. The lowest BCUT2D eigenvalue weighted by Gasteiger charge is -2.14. The average molecular weight is 144 g/mol. The minimum atomic E-state index is 0.216. The lowest BCUT2D eigenvalue weighted by Crippen LogP contribution is -2.27. The Kier molecular flexibility index (Phi) is 4.94. The van der Waals surface area contributed by atoms with Gasteiger partial charge in [-0.15, -0.1) is 0 Å². The van der Waals surface area contributed by atoms with Crippen LogP contribution < -0.4 is 11.1 Å². The highest BCUT2D eigenvalue weighted by Gasteiger charge is 2.05. The minimum Gasteiger partial charge on any atom is -0.359 e. The Morgan fingerprint density at radius 3 is 2.60 bits per heavy atom. The maximum Gasteiger partial charge on any atom is 0.207 e. The summed E-state index contributed by atoms with van der Waals surface area (Å²) in [4.78, 5) is 9.81. The predicted molar refractivity (Wildman–Crippen MR) is 41.5 cm³/mol. The van der Waals surface area contributed by atoms with Gasteiger partial charge in [0.05, 0.1) is 0 Å². The maximum absolute atomic E-state index is 9.81. The van der Waals surface area contributed by atoms with Gasteiger partial charge in [-0.3, -0.25) is 4.79 Å². The molecule has 0 saturated carbocycles. The van der Waals surface area contributed by atoms with E-state index in [9.17, 15) is 4.79 Å². The minimum absolute atomic E-state index is 0.216. The molecule has 10 heavy (non-hydrogen) atoms. The fraction of sp³-hybridized carbons (Fsp3) is 0.857. The van der Waals surface area contributed by atoms with Gasteiger partial charge in [-0.1, -0.05) is 6.92 Å². The summed E-state index contributed by atoms with van der Waals surface area (Å²) in [6.07, 6.45) is 1.67. The maximum atomic E-state index is 9.81. The van der Waals surface area contributed by atoms with Gasteiger partial charge in [-0.2, -0.15) is 0 Å². The standard InChI is InChI=1S/C7H16N2O/c1-6(7(2)8)3-4-9-5-10/h5-7H,3-4,8H2,1-2H3,(H,9,10). The number of carbonyl (C=O) groups excluding carboxylic acids is 1. The van der Waals surface area contributed by atoms with E-state index in [2.05, 4.69) is 12.2 Å². The molecule has 0 aromatic carbocycles. The van der Waals surface area contributed by atoms with E-state index in [0.29, 0.717) is 12.3 Å². The zero-order chi connectivity index (χ0) is 7.98. The Morgan fingerprint density at radius 2 is 2.20 bits per heavy atom. The Bertz CT molecular complexity index is 93.6. The first-order valence-corrected chi connectivity index (χ1v) is 3.61. The van der Waals surface area contributed by atoms with Gasteiger partial charge in [0.2, 0.25) is 6.41 Å². The van der Waals surface area contributed by atoms with Crippen LogP contribution in [0.1, 0.15) is 20.3 Å². The summed E-state index contributed by atoms with van der Waals surface area (Å²) in [5, 5.41) is 2.60. The van der Waals surface area contributed by atoms with Gasteiger partial charge in [0.25, 0.3) is 0 Å². The zero-order valence-electron chi connectivity index (χ0n) is 6.63. The number of nitrogens with two attached hydrogens (primary N) is 1. The molecule has 0 spiro atoms. The van der Waals surface area contributed by atoms with Gasteiger partial charge in [-0.25, -0.2) is 0 Å². The number of carbonyl (C=O) groups is 1. The van der Waals surface area contributed by atoms with Crippen molar-refractivity contribution in [3.05, 3.63) is 0 Å². The number of nitrogens with one attached hydrogen (secondary N) is 1. The molecule has 0 bridgehead atoms. The molecule has 0 aromatic rings. The van der Waals surface area contributed by atoms with Crippen LogP contribution in [0.25, 0.3) is 0 Å². The highest BCUT2D eigenvalue weighted by molar-refractivity contribution is 5.45. The van der Waals surface area contributed by atoms with Crippen LogP contribution in [-0.4, -0.2) is 19.0 Å². The van der Waals surface area contributed by atoms with Crippen molar-refractivity contribution in [2.75, 3.05) is 6.54 Å². The lowest BCUT2D eigenvalue weighted by atomic mass is 10.0. The molecule has 0 aliphatic heterocycles. The Balaban J connectivity index is 3.21. The average Bonchev–Trinajstić information content (AvgIpc) is 1.88. The van der Waals surface area contributed by atoms with Crippen LogP contribution in [0.5, 0.6) is 0 Å². The topological polar surface area (TPSA) is 55.1 Å². The van der Waals surface area contributed by atoms with Crippen LogP contribution in [-0.2, 0) is 4.79 Å². The second kappa shape index (κ2) is 5.23. The van der Waals surface area contributed by atoms with Gasteiger partial charge < -0.3 is 11.1 Å². The molecule has 2 atom stereocenters. The molecule has 3 N–H and O–H groups in total. The molecule has 0 aromatic heterocycles. The molecule has 0 heterocycles. The molecule has 0 aliphatic carbocycles. The number of amides is 1. The molecule has 0 fully saturated rings. The summed E-state index contributed by atoms with van der Waals surface area (Å²) in [5.74, 6) is 0.479.